The maximum absolute atomic E-state index is 9.88. The molecule has 1 aromatic heterocycles. The summed E-state index contributed by atoms with van der Waals surface area (Å²) in [7, 11) is 1.73. The van der Waals surface area contributed by atoms with Crippen LogP contribution in [0.2, 0.25) is 0 Å². The molecule has 0 saturated heterocycles. The molecular formula is C9H16BrN3O2. The summed E-state index contributed by atoms with van der Waals surface area (Å²) >= 11 is 3.23. The first kappa shape index (κ1) is 12.6. The van der Waals surface area contributed by atoms with Crippen molar-refractivity contribution in [2.45, 2.75) is 32.5 Å². The second-order valence-corrected chi connectivity index (χ2v) is 5.08. The topological polar surface area (TPSA) is 60.2 Å². The van der Waals surface area contributed by atoms with Gasteiger partial charge in [-0.1, -0.05) is 5.21 Å². The second kappa shape index (κ2) is 4.59. The van der Waals surface area contributed by atoms with Crippen LogP contribution in [0.15, 0.2) is 4.60 Å². The van der Waals surface area contributed by atoms with Crippen molar-refractivity contribution < 1.29 is 9.84 Å². The zero-order valence-electron chi connectivity index (χ0n) is 9.36. The summed E-state index contributed by atoms with van der Waals surface area (Å²) in [5, 5.41) is 17.5. The van der Waals surface area contributed by atoms with E-state index >= 15 is 0 Å². The molecule has 0 aliphatic rings. The maximum atomic E-state index is 9.88. The Hall–Kier alpha value is -0.460. The Bertz CT molecular complexity index is 313. The van der Waals surface area contributed by atoms with Crippen LogP contribution in [-0.4, -0.2) is 32.3 Å². The van der Waals surface area contributed by atoms with E-state index in [2.05, 4.69) is 26.2 Å². The van der Waals surface area contributed by atoms with E-state index in [0.717, 1.165) is 0 Å². The minimum absolute atomic E-state index is 0.226. The minimum Gasteiger partial charge on any atom is -0.384 e. The highest BCUT2D eigenvalue weighted by molar-refractivity contribution is 9.10. The SMILES string of the molecule is Cn1nnc(Br)c1C(O)COC(C)(C)C. The summed E-state index contributed by atoms with van der Waals surface area (Å²) in [5.41, 5.74) is 0.360. The number of ether oxygens (including phenoxy) is 1. The molecule has 6 heteroatoms. The number of nitrogens with zero attached hydrogens (tertiary/aromatic N) is 3. The van der Waals surface area contributed by atoms with Gasteiger partial charge in [-0.05, 0) is 36.7 Å². The van der Waals surface area contributed by atoms with E-state index in [-0.39, 0.29) is 12.2 Å². The number of aliphatic hydroxyl groups excluding tert-OH is 1. The molecule has 1 rings (SSSR count). The number of aliphatic hydroxyl groups is 1. The highest BCUT2D eigenvalue weighted by Gasteiger charge is 2.20. The number of halogens is 1. The molecule has 0 spiro atoms. The second-order valence-electron chi connectivity index (χ2n) is 4.33. The molecule has 0 bridgehead atoms. The van der Waals surface area contributed by atoms with E-state index in [9.17, 15) is 5.11 Å². The molecule has 1 heterocycles. The Kier molecular flexibility index (Phi) is 3.86. The molecule has 15 heavy (non-hydrogen) atoms. The van der Waals surface area contributed by atoms with Crippen LogP contribution >= 0.6 is 15.9 Å². The first-order chi connectivity index (χ1) is 6.81. The van der Waals surface area contributed by atoms with E-state index in [1.165, 1.54) is 4.68 Å². The smallest absolute Gasteiger partial charge is 0.154 e. The standard InChI is InChI=1S/C9H16BrN3O2/c1-9(2,3)15-5-6(14)7-8(10)11-12-13(7)4/h6,14H,5H2,1-4H3. The predicted octanol–water partition coefficient (Wildman–Crippen LogP) is 1.43. The molecule has 5 nitrogen and oxygen atoms in total. The van der Waals surface area contributed by atoms with Gasteiger partial charge in [-0.25, -0.2) is 4.68 Å². The molecule has 0 aliphatic carbocycles. The third-order valence-electron chi connectivity index (χ3n) is 1.82. The van der Waals surface area contributed by atoms with Crippen LogP contribution in [0.3, 0.4) is 0 Å². The number of hydrogen-bond donors (Lipinski definition) is 1. The van der Waals surface area contributed by atoms with Crippen LogP contribution in [0, 0.1) is 0 Å². The van der Waals surface area contributed by atoms with Crippen LogP contribution in [0.4, 0.5) is 0 Å². The number of rotatable bonds is 3. The van der Waals surface area contributed by atoms with Crippen molar-refractivity contribution in [3.05, 3.63) is 10.3 Å². The highest BCUT2D eigenvalue weighted by atomic mass is 79.9. The summed E-state index contributed by atoms with van der Waals surface area (Å²) < 4.78 is 7.56. The quantitative estimate of drug-likeness (QED) is 0.908. The summed E-state index contributed by atoms with van der Waals surface area (Å²) in [6.07, 6.45) is -0.724. The van der Waals surface area contributed by atoms with Crippen molar-refractivity contribution >= 4 is 15.9 Å². The van der Waals surface area contributed by atoms with E-state index in [1.807, 2.05) is 20.8 Å². The molecule has 1 atom stereocenters. The van der Waals surface area contributed by atoms with Crippen LogP contribution in [0.1, 0.15) is 32.6 Å². The summed E-state index contributed by atoms with van der Waals surface area (Å²) in [5.74, 6) is 0. The fourth-order valence-corrected chi connectivity index (χ4v) is 1.69. The molecule has 0 amide bonds. The predicted molar refractivity (Wildman–Crippen MR) is 59.4 cm³/mol. The lowest BCUT2D eigenvalue weighted by atomic mass is 10.2. The van der Waals surface area contributed by atoms with Gasteiger partial charge in [-0.2, -0.15) is 0 Å². The molecule has 1 N–H and O–H groups in total. The highest BCUT2D eigenvalue weighted by Crippen LogP contribution is 2.21. The van der Waals surface area contributed by atoms with Gasteiger partial charge in [-0.3, -0.25) is 0 Å². The average Bonchev–Trinajstić information content (AvgIpc) is 2.41. The lowest BCUT2D eigenvalue weighted by molar-refractivity contribution is -0.0517. The van der Waals surface area contributed by atoms with Crippen molar-refractivity contribution in [1.82, 2.24) is 15.0 Å². The van der Waals surface area contributed by atoms with Crippen molar-refractivity contribution in [3.63, 3.8) is 0 Å². The van der Waals surface area contributed by atoms with E-state index in [4.69, 9.17) is 4.74 Å². The lowest BCUT2D eigenvalue weighted by Crippen LogP contribution is -2.23. The first-order valence-electron chi connectivity index (χ1n) is 4.68. The van der Waals surface area contributed by atoms with Crippen molar-refractivity contribution in [2.24, 2.45) is 7.05 Å². The molecule has 0 aliphatic heterocycles. The molecule has 0 aromatic carbocycles. The van der Waals surface area contributed by atoms with Gasteiger partial charge in [0.05, 0.1) is 12.2 Å². The first-order valence-corrected chi connectivity index (χ1v) is 5.47. The number of aryl methyl sites for hydroxylation is 1. The van der Waals surface area contributed by atoms with E-state index in [0.29, 0.717) is 10.3 Å². The normalized spacial score (nSPS) is 14.3. The van der Waals surface area contributed by atoms with E-state index < -0.39 is 6.10 Å². The minimum atomic E-state index is -0.724. The zero-order valence-corrected chi connectivity index (χ0v) is 10.9. The van der Waals surface area contributed by atoms with Gasteiger partial charge in [-0.15, -0.1) is 5.10 Å². The molecule has 86 valence electrons. The maximum Gasteiger partial charge on any atom is 0.154 e. The summed E-state index contributed by atoms with van der Waals surface area (Å²) in [6, 6.07) is 0. The third-order valence-corrected chi connectivity index (χ3v) is 2.38. The average molecular weight is 278 g/mol. The molecule has 0 radical (unpaired) electrons. The largest absolute Gasteiger partial charge is 0.384 e. The fraction of sp³-hybridized carbons (Fsp3) is 0.778. The van der Waals surface area contributed by atoms with Gasteiger partial charge >= 0.3 is 0 Å². The fourth-order valence-electron chi connectivity index (χ4n) is 1.10. The van der Waals surface area contributed by atoms with Crippen molar-refractivity contribution in [2.75, 3.05) is 6.61 Å². The van der Waals surface area contributed by atoms with Gasteiger partial charge in [0.1, 0.15) is 11.8 Å². The van der Waals surface area contributed by atoms with Crippen LogP contribution in [0.5, 0.6) is 0 Å². The number of hydrogen-bond acceptors (Lipinski definition) is 4. The van der Waals surface area contributed by atoms with Gasteiger partial charge in [0.2, 0.25) is 0 Å². The Labute approximate surface area is 97.6 Å². The Morgan fingerprint density at radius 1 is 1.53 bits per heavy atom. The molecule has 1 unspecified atom stereocenters. The molecule has 1 aromatic rings. The van der Waals surface area contributed by atoms with Crippen molar-refractivity contribution in [1.29, 1.82) is 0 Å². The molecular weight excluding hydrogens is 262 g/mol. The molecule has 0 fully saturated rings. The Morgan fingerprint density at radius 3 is 2.53 bits per heavy atom. The third kappa shape index (κ3) is 3.55. The number of aromatic nitrogens is 3. The van der Waals surface area contributed by atoms with Gasteiger partial charge in [0, 0.05) is 7.05 Å². The molecule has 0 saturated carbocycles. The van der Waals surface area contributed by atoms with E-state index in [1.54, 1.807) is 7.05 Å². The Morgan fingerprint density at radius 2 is 2.13 bits per heavy atom. The summed E-state index contributed by atoms with van der Waals surface area (Å²) in [6.45, 7) is 6.05. The van der Waals surface area contributed by atoms with Gasteiger partial charge in [0.15, 0.2) is 4.60 Å². The monoisotopic (exact) mass is 277 g/mol. The summed E-state index contributed by atoms with van der Waals surface area (Å²) in [4.78, 5) is 0. The zero-order chi connectivity index (χ0) is 11.6. The van der Waals surface area contributed by atoms with Crippen LogP contribution in [-0.2, 0) is 11.8 Å². The lowest BCUT2D eigenvalue weighted by Gasteiger charge is -2.21. The van der Waals surface area contributed by atoms with Crippen LogP contribution in [0.25, 0.3) is 0 Å². The van der Waals surface area contributed by atoms with Gasteiger partial charge in [0.25, 0.3) is 0 Å². The Balaban J connectivity index is 2.65. The van der Waals surface area contributed by atoms with Gasteiger partial charge < -0.3 is 9.84 Å². The van der Waals surface area contributed by atoms with Crippen molar-refractivity contribution in [3.8, 4) is 0 Å². The van der Waals surface area contributed by atoms with Crippen LogP contribution < -0.4 is 0 Å².